The molecule has 0 radical (unpaired) electrons. The monoisotopic (exact) mass is 405 g/mol. The Balaban J connectivity index is 1.46. The van der Waals surface area contributed by atoms with Crippen LogP contribution in [-0.4, -0.2) is 37.3 Å². The second kappa shape index (κ2) is 8.97. The van der Waals surface area contributed by atoms with Gasteiger partial charge in [-0.05, 0) is 47.5 Å². The Morgan fingerprint density at radius 1 is 0.767 bits per heavy atom. The predicted octanol–water partition coefficient (Wildman–Crippen LogP) is 3.79. The zero-order valence-corrected chi connectivity index (χ0v) is 16.5. The van der Waals surface area contributed by atoms with Crippen molar-refractivity contribution in [2.45, 2.75) is 5.92 Å². The molecule has 3 aromatic rings. The maximum absolute atomic E-state index is 13.1. The maximum atomic E-state index is 13.1. The van der Waals surface area contributed by atoms with Crippen molar-refractivity contribution in [3.63, 3.8) is 0 Å². The molecule has 0 aromatic heterocycles. The van der Waals surface area contributed by atoms with E-state index in [0.717, 1.165) is 48.7 Å². The summed E-state index contributed by atoms with van der Waals surface area (Å²) in [7, 11) is 0. The number of rotatable bonds is 5. The Morgan fingerprint density at radius 3 is 1.73 bits per heavy atom. The minimum absolute atomic E-state index is 0.221. The molecule has 3 aromatic carbocycles. The standard InChI is InChI=1S/C24H24FN3O2/c25-20-8-12-22(13-9-20)28-16-14-27(15-17-28)21-10-6-19(7-11-21)23(24(29)26-30)18-4-2-1-3-5-18/h1-13,23,30H,14-17H2,(H,26,29). The number of amides is 1. The summed E-state index contributed by atoms with van der Waals surface area (Å²) >= 11 is 0. The maximum Gasteiger partial charge on any atom is 0.255 e. The molecule has 1 fully saturated rings. The fraction of sp³-hybridized carbons (Fsp3) is 0.208. The van der Waals surface area contributed by atoms with E-state index >= 15 is 0 Å². The van der Waals surface area contributed by atoms with Gasteiger partial charge in [-0.1, -0.05) is 42.5 Å². The van der Waals surface area contributed by atoms with Gasteiger partial charge in [0.25, 0.3) is 5.91 Å². The Labute approximate surface area is 175 Å². The molecule has 0 bridgehead atoms. The SMILES string of the molecule is O=C(NO)C(c1ccccc1)c1ccc(N2CCN(c3ccc(F)cc3)CC2)cc1. The first-order valence-corrected chi connectivity index (χ1v) is 10.00. The van der Waals surface area contributed by atoms with Crippen molar-refractivity contribution in [3.05, 3.63) is 95.8 Å². The first-order chi connectivity index (χ1) is 14.7. The van der Waals surface area contributed by atoms with E-state index in [9.17, 15) is 14.4 Å². The van der Waals surface area contributed by atoms with Crippen LogP contribution in [0.4, 0.5) is 15.8 Å². The van der Waals surface area contributed by atoms with E-state index in [1.165, 1.54) is 12.1 Å². The van der Waals surface area contributed by atoms with Crippen LogP contribution >= 0.6 is 0 Å². The van der Waals surface area contributed by atoms with Crippen LogP contribution in [0.2, 0.25) is 0 Å². The summed E-state index contributed by atoms with van der Waals surface area (Å²) in [4.78, 5) is 16.8. The van der Waals surface area contributed by atoms with Gasteiger partial charge in [0.1, 0.15) is 5.82 Å². The lowest BCUT2D eigenvalue weighted by molar-refractivity contribution is -0.129. The van der Waals surface area contributed by atoms with Crippen molar-refractivity contribution in [1.82, 2.24) is 5.48 Å². The number of nitrogens with zero attached hydrogens (tertiary/aromatic N) is 2. The van der Waals surface area contributed by atoms with Crippen molar-refractivity contribution >= 4 is 17.3 Å². The van der Waals surface area contributed by atoms with Gasteiger partial charge < -0.3 is 9.80 Å². The van der Waals surface area contributed by atoms with Crippen LogP contribution in [-0.2, 0) is 4.79 Å². The number of hydroxylamine groups is 1. The molecule has 1 atom stereocenters. The van der Waals surface area contributed by atoms with Crippen molar-refractivity contribution in [3.8, 4) is 0 Å². The lowest BCUT2D eigenvalue weighted by atomic mass is 9.90. The molecule has 154 valence electrons. The van der Waals surface area contributed by atoms with Crippen molar-refractivity contribution in [1.29, 1.82) is 0 Å². The summed E-state index contributed by atoms with van der Waals surface area (Å²) in [6, 6.07) is 23.9. The zero-order valence-electron chi connectivity index (χ0n) is 16.5. The number of benzene rings is 3. The molecule has 5 nitrogen and oxygen atoms in total. The number of nitrogens with one attached hydrogen (secondary N) is 1. The number of hydrogen-bond donors (Lipinski definition) is 2. The van der Waals surface area contributed by atoms with E-state index in [-0.39, 0.29) is 5.82 Å². The Hall–Kier alpha value is -3.38. The highest BCUT2D eigenvalue weighted by Gasteiger charge is 2.23. The molecule has 1 aliphatic heterocycles. The minimum Gasteiger partial charge on any atom is -0.368 e. The van der Waals surface area contributed by atoms with Gasteiger partial charge in [-0.3, -0.25) is 10.0 Å². The molecule has 6 heteroatoms. The second-order valence-corrected chi connectivity index (χ2v) is 7.36. The largest absolute Gasteiger partial charge is 0.368 e. The number of carbonyl (C=O) groups excluding carboxylic acids is 1. The smallest absolute Gasteiger partial charge is 0.255 e. The molecule has 0 spiro atoms. The number of carbonyl (C=O) groups is 1. The minimum atomic E-state index is -0.569. The first kappa shape index (κ1) is 19.9. The van der Waals surface area contributed by atoms with Gasteiger partial charge in [0.05, 0.1) is 5.92 Å². The molecule has 1 unspecified atom stereocenters. The fourth-order valence-electron chi connectivity index (χ4n) is 3.96. The molecular weight excluding hydrogens is 381 g/mol. The highest BCUT2D eigenvalue weighted by atomic mass is 19.1. The molecule has 1 aliphatic rings. The third kappa shape index (κ3) is 4.28. The molecule has 1 saturated heterocycles. The van der Waals surface area contributed by atoms with Crippen LogP contribution in [0.3, 0.4) is 0 Å². The molecule has 1 amide bonds. The van der Waals surface area contributed by atoms with Crippen LogP contribution in [0.25, 0.3) is 0 Å². The highest BCUT2D eigenvalue weighted by molar-refractivity contribution is 5.86. The van der Waals surface area contributed by atoms with Gasteiger partial charge in [-0.2, -0.15) is 0 Å². The summed E-state index contributed by atoms with van der Waals surface area (Å²) < 4.78 is 13.1. The topological polar surface area (TPSA) is 55.8 Å². The van der Waals surface area contributed by atoms with E-state index in [0.29, 0.717) is 0 Å². The molecule has 2 N–H and O–H groups in total. The average molecular weight is 405 g/mol. The average Bonchev–Trinajstić information content (AvgIpc) is 2.81. The van der Waals surface area contributed by atoms with Gasteiger partial charge in [0.2, 0.25) is 0 Å². The van der Waals surface area contributed by atoms with E-state index in [4.69, 9.17) is 0 Å². The van der Waals surface area contributed by atoms with E-state index in [1.54, 1.807) is 5.48 Å². The molecular formula is C24H24FN3O2. The van der Waals surface area contributed by atoms with E-state index in [1.807, 2.05) is 66.7 Å². The van der Waals surface area contributed by atoms with Crippen LogP contribution in [0.1, 0.15) is 17.0 Å². The molecule has 0 aliphatic carbocycles. The van der Waals surface area contributed by atoms with E-state index < -0.39 is 11.8 Å². The highest BCUT2D eigenvalue weighted by Crippen LogP contribution is 2.28. The molecule has 1 heterocycles. The fourth-order valence-corrected chi connectivity index (χ4v) is 3.96. The number of halogens is 1. The number of hydrogen-bond acceptors (Lipinski definition) is 4. The Kier molecular flexibility index (Phi) is 5.95. The third-order valence-corrected chi connectivity index (χ3v) is 5.57. The summed E-state index contributed by atoms with van der Waals surface area (Å²) in [5.41, 5.74) is 5.56. The van der Waals surface area contributed by atoms with Crippen LogP contribution < -0.4 is 15.3 Å². The quantitative estimate of drug-likeness (QED) is 0.501. The predicted molar refractivity (Wildman–Crippen MR) is 115 cm³/mol. The Bertz CT molecular complexity index is 970. The van der Waals surface area contributed by atoms with E-state index in [2.05, 4.69) is 9.80 Å². The lowest BCUT2D eigenvalue weighted by Gasteiger charge is -2.37. The van der Waals surface area contributed by atoms with Crippen LogP contribution in [0.15, 0.2) is 78.9 Å². The summed E-state index contributed by atoms with van der Waals surface area (Å²) in [5, 5.41) is 9.19. The molecule has 4 rings (SSSR count). The normalized spacial score (nSPS) is 15.0. The Morgan fingerprint density at radius 2 is 1.23 bits per heavy atom. The summed E-state index contributed by atoms with van der Waals surface area (Å²) in [5.74, 6) is -1.25. The van der Waals surface area contributed by atoms with Crippen molar-refractivity contribution in [2.24, 2.45) is 0 Å². The zero-order chi connectivity index (χ0) is 20.9. The molecule has 0 saturated carbocycles. The lowest BCUT2D eigenvalue weighted by Crippen LogP contribution is -2.46. The third-order valence-electron chi connectivity index (χ3n) is 5.57. The van der Waals surface area contributed by atoms with Gasteiger partial charge >= 0.3 is 0 Å². The summed E-state index contributed by atoms with van der Waals surface area (Å²) in [6.45, 7) is 3.42. The number of piperazine rings is 1. The van der Waals surface area contributed by atoms with Crippen LogP contribution in [0, 0.1) is 5.82 Å². The number of anilines is 2. The van der Waals surface area contributed by atoms with Gasteiger partial charge in [-0.25, -0.2) is 9.87 Å². The summed E-state index contributed by atoms with van der Waals surface area (Å²) in [6.07, 6.45) is 0. The second-order valence-electron chi connectivity index (χ2n) is 7.36. The first-order valence-electron chi connectivity index (χ1n) is 10.00. The van der Waals surface area contributed by atoms with Gasteiger partial charge in [-0.15, -0.1) is 0 Å². The van der Waals surface area contributed by atoms with Crippen LogP contribution in [0.5, 0.6) is 0 Å². The molecule has 30 heavy (non-hydrogen) atoms. The van der Waals surface area contributed by atoms with Crippen molar-refractivity contribution < 1.29 is 14.4 Å². The van der Waals surface area contributed by atoms with Crippen molar-refractivity contribution in [2.75, 3.05) is 36.0 Å². The van der Waals surface area contributed by atoms with Gasteiger partial charge in [0.15, 0.2) is 0 Å². The van der Waals surface area contributed by atoms with Gasteiger partial charge in [0, 0.05) is 37.6 Å².